The molecule has 0 atom stereocenters. The normalized spacial score (nSPS) is 10.5. The average molecular weight is 309 g/mol. The summed E-state index contributed by atoms with van der Waals surface area (Å²) in [5.74, 6) is 0.167. The molecule has 4 nitrogen and oxygen atoms in total. The van der Waals surface area contributed by atoms with E-state index in [1.54, 1.807) is 30.5 Å². The van der Waals surface area contributed by atoms with Gasteiger partial charge in [-0.05, 0) is 49.4 Å². The number of carbonyl (C=O) groups excluding carboxylic acids is 1. The minimum Gasteiger partial charge on any atom is -0.309 e. The van der Waals surface area contributed by atoms with E-state index in [1.165, 1.54) is 17.0 Å². The van der Waals surface area contributed by atoms with Crippen LogP contribution in [0.2, 0.25) is 0 Å². The summed E-state index contributed by atoms with van der Waals surface area (Å²) >= 11 is 0. The fraction of sp³-hybridized carbons (Fsp3) is 0.111. The summed E-state index contributed by atoms with van der Waals surface area (Å²) in [6.07, 6.45) is 5.31. The zero-order chi connectivity index (χ0) is 16.2. The largest absolute Gasteiger partial charge is 0.309 e. The first kappa shape index (κ1) is 15.0. The molecule has 2 heterocycles. The molecule has 3 aromatic rings. The van der Waals surface area contributed by atoms with Crippen LogP contribution in [0.5, 0.6) is 0 Å². The van der Waals surface area contributed by atoms with Crippen molar-refractivity contribution in [3.8, 4) is 5.82 Å². The Hall–Kier alpha value is -2.95. The lowest BCUT2D eigenvalue weighted by Gasteiger charge is -2.21. The van der Waals surface area contributed by atoms with Crippen molar-refractivity contribution in [3.63, 3.8) is 0 Å². The van der Waals surface area contributed by atoms with Crippen LogP contribution in [0.1, 0.15) is 17.3 Å². The summed E-state index contributed by atoms with van der Waals surface area (Å²) in [6.45, 7) is 2.30. The van der Waals surface area contributed by atoms with Gasteiger partial charge in [-0.1, -0.05) is 6.07 Å². The highest BCUT2D eigenvalue weighted by Gasteiger charge is 2.17. The smallest absolute Gasteiger partial charge is 0.259 e. The van der Waals surface area contributed by atoms with E-state index in [0.717, 1.165) is 5.82 Å². The fourth-order valence-electron chi connectivity index (χ4n) is 2.40. The second-order valence-electron chi connectivity index (χ2n) is 5.02. The lowest BCUT2D eigenvalue weighted by atomic mass is 10.2. The highest BCUT2D eigenvalue weighted by Crippen LogP contribution is 2.18. The molecule has 0 saturated carbocycles. The quantitative estimate of drug-likeness (QED) is 0.737. The number of pyridine rings is 1. The van der Waals surface area contributed by atoms with Gasteiger partial charge < -0.3 is 9.47 Å². The maximum atomic E-state index is 13.4. The van der Waals surface area contributed by atoms with Crippen LogP contribution in [0.15, 0.2) is 67.1 Å². The zero-order valence-corrected chi connectivity index (χ0v) is 12.7. The average Bonchev–Trinajstić information content (AvgIpc) is 3.10. The number of amides is 1. The Morgan fingerprint density at radius 1 is 1.17 bits per heavy atom. The van der Waals surface area contributed by atoms with Crippen molar-refractivity contribution in [1.29, 1.82) is 0 Å². The molecular formula is C18H16FN3O. The first-order valence-electron chi connectivity index (χ1n) is 7.36. The van der Waals surface area contributed by atoms with Crippen LogP contribution in [0.4, 0.5) is 10.1 Å². The molecule has 0 aliphatic rings. The van der Waals surface area contributed by atoms with E-state index in [2.05, 4.69) is 4.98 Å². The highest BCUT2D eigenvalue weighted by atomic mass is 19.1. The highest BCUT2D eigenvalue weighted by molar-refractivity contribution is 6.05. The third-order valence-corrected chi connectivity index (χ3v) is 3.55. The number of anilines is 1. The molecule has 3 rings (SSSR count). The second kappa shape index (κ2) is 6.44. The van der Waals surface area contributed by atoms with Crippen LogP contribution < -0.4 is 4.90 Å². The third kappa shape index (κ3) is 3.13. The zero-order valence-electron chi connectivity index (χ0n) is 12.7. The van der Waals surface area contributed by atoms with Crippen molar-refractivity contribution in [2.24, 2.45) is 0 Å². The van der Waals surface area contributed by atoms with Gasteiger partial charge >= 0.3 is 0 Å². The first-order valence-corrected chi connectivity index (χ1v) is 7.36. The molecule has 116 valence electrons. The number of halogens is 1. The molecular weight excluding hydrogens is 293 g/mol. The van der Waals surface area contributed by atoms with E-state index in [1.807, 2.05) is 36.0 Å². The lowest BCUT2D eigenvalue weighted by molar-refractivity contribution is 0.0988. The Labute approximate surface area is 133 Å². The molecule has 0 radical (unpaired) electrons. The SMILES string of the molecule is CCN(C(=O)c1ccc(-n2cccc2)nc1)c1cccc(F)c1. The predicted molar refractivity (Wildman–Crippen MR) is 87.3 cm³/mol. The van der Waals surface area contributed by atoms with Gasteiger partial charge in [0.1, 0.15) is 11.6 Å². The van der Waals surface area contributed by atoms with Gasteiger partial charge in [0.25, 0.3) is 5.91 Å². The van der Waals surface area contributed by atoms with Crippen molar-refractivity contribution >= 4 is 11.6 Å². The van der Waals surface area contributed by atoms with Gasteiger partial charge in [-0.2, -0.15) is 0 Å². The Kier molecular flexibility index (Phi) is 4.19. The van der Waals surface area contributed by atoms with Crippen LogP contribution in [0.25, 0.3) is 5.82 Å². The van der Waals surface area contributed by atoms with Crippen molar-refractivity contribution in [2.45, 2.75) is 6.92 Å². The molecule has 0 saturated heterocycles. The Morgan fingerprint density at radius 3 is 2.57 bits per heavy atom. The standard InChI is InChI=1S/C18H16FN3O/c1-2-22(16-7-5-6-15(19)12-16)18(23)14-8-9-17(20-13-14)21-10-3-4-11-21/h3-13H,2H2,1H3. The van der Waals surface area contributed by atoms with Gasteiger partial charge in [-0.3, -0.25) is 4.79 Å². The van der Waals surface area contributed by atoms with Gasteiger partial charge in [0, 0.05) is 30.8 Å². The molecule has 23 heavy (non-hydrogen) atoms. The maximum absolute atomic E-state index is 13.4. The maximum Gasteiger partial charge on any atom is 0.259 e. The van der Waals surface area contributed by atoms with Gasteiger partial charge in [-0.25, -0.2) is 9.37 Å². The summed E-state index contributed by atoms with van der Waals surface area (Å²) in [7, 11) is 0. The van der Waals surface area contributed by atoms with Crippen molar-refractivity contribution in [1.82, 2.24) is 9.55 Å². The molecule has 5 heteroatoms. The number of rotatable bonds is 4. The Balaban J connectivity index is 1.86. The summed E-state index contributed by atoms with van der Waals surface area (Å²) in [6, 6.07) is 13.3. The van der Waals surface area contributed by atoms with Crippen LogP contribution in [0, 0.1) is 5.82 Å². The molecule has 0 bridgehead atoms. The molecule has 0 unspecified atom stereocenters. The van der Waals surface area contributed by atoms with Crippen LogP contribution in [-0.2, 0) is 0 Å². The minimum atomic E-state index is -0.366. The lowest BCUT2D eigenvalue weighted by Crippen LogP contribution is -2.30. The molecule has 0 aliphatic carbocycles. The van der Waals surface area contributed by atoms with Crippen molar-refractivity contribution in [3.05, 3.63) is 78.5 Å². The number of hydrogen-bond donors (Lipinski definition) is 0. The first-order chi connectivity index (χ1) is 11.2. The van der Waals surface area contributed by atoms with E-state index < -0.39 is 0 Å². The van der Waals surface area contributed by atoms with Gasteiger partial charge in [0.05, 0.1) is 5.56 Å². The van der Waals surface area contributed by atoms with Gasteiger partial charge in [-0.15, -0.1) is 0 Å². The van der Waals surface area contributed by atoms with E-state index in [9.17, 15) is 9.18 Å². The van der Waals surface area contributed by atoms with Crippen molar-refractivity contribution in [2.75, 3.05) is 11.4 Å². The minimum absolute atomic E-state index is 0.204. The molecule has 1 amide bonds. The number of benzene rings is 1. The van der Waals surface area contributed by atoms with Crippen LogP contribution in [0.3, 0.4) is 0 Å². The predicted octanol–water partition coefficient (Wildman–Crippen LogP) is 3.68. The second-order valence-corrected chi connectivity index (χ2v) is 5.02. The number of aromatic nitrogens is 2. The fourth-order valence-corrected chi connectivity index (χ4v) is 2.40. The number of carbonyl (C=O) groups is 1. The van der Waals surface area contributed by atoms with Gasteiger partial charge in [0.2, 0.25) is 0 Å². The summed E-state index contributed by atoms with van der Waals surface area (Å²) in [5.41, 5.74) is 0.999. The van der Waals surface area contributed by atoms with E-state index in [0.29, 0.717) is 17.8 Å². The van der Waals surface area contributed by atoms with Crippen LogP contribution >= 0.6 is 0 Å². The molecule has 0 fully saturated rings. The van der Waals surface area contributed by atoms with Crippen molar-refractivity contribution < 1.29 is 9.18 Å². The molecule has 1 aromatic carbocycles. The summed E-state index contributed by atoms with van der Waals surface area (Å²) in [5, 5.41) is 0. The molecule has 0 aliphatic heterocycles. The van der Waals surface area contributed by atoms with Crippen LogP contribution in [-0.4, -0.2) is 22.0 Å². The monoisotopic (exact) mass is 309 g/mol. The molecule has 0 spiro atoms. The number of hydrogen-bond acceptors (Lipinski definition) is 2. The van der Waals surface area contributed by atoms with Gasteiger partial charge in [0.15, 0.2) is 0 Å². The number of nitrogens with zero attached hydrogens (tertiary/aromatic N) is 3. The summed E-state index contributed by atoms with van der Waals surface area (Å²) in [4.78, 5) is 18.5. The molecule has 2 aromatic heterocycles. The Bertz CT molecular complexity index is 797. The molecule has 0 N–H and O–H groups in total. The van der Waals surface area contributed by atoms with E-state index in [-0.39, 0.29) is 11.7 Å². The third-order valence-electron chi connectivity index (χ3n) is 3.55. The van der Waals surface area contributed by atoms with E-state index >= 15 is 0 Å². The Morgan fingerprint density at radius 2 is 1.96 bits per heavy atom. The van der Waals surface area contributed by atoms with E-state index in [4.69, 9.17) is 0 Å². The topological polar surface area (TPSA) is 38.1 Å². The summed E-state index contributed by atoms with van der Waals surface area (Å²) < 4.78 is 15.2.